The molecule has 114 valence electrons. The summed E-state index contributed by atoms with van der Waals surface area (Å²) >= 11 is 0. The molecule has 0 aliphatic rings. The van der Waals surface area contributed by atoms with Crippen LogP contribution in [0.1, 0.15) is 11.3 Å². The van der Waals surface area contributed by atoms with E-state index in [1.807, 2.05) is 19.1 Å². The van der Waals surface area contributed by atoms with Crippen LogP contribution in [0.15, 0.2) is 39.7 Å². The van der Waals surface area contributed by atoms with Crippen LogP contribution in [0.25, 0.3) is 11.0 Å². The van der Waals surface area contributed by atoms with E-state index in [4.69, 9.17) is 14.3 Å². The fourth-order valence-corrected chi connectivity index (χ4v) is 2.17. The number of benzene rings is 1. The van der Waals surface area contributed by atoms with E-state index in [1.54, 1.807) is 16.9 Å². The third-order valence-corrected chi connectivity index (χ3v) is 3.26. The van der Waals surface area contributed by atoms with Crippen molar-refractivity contribution in [1.82, 2.24) is 15.0 Å². The van der Waals surface area contributed by atoms with E-state index in [2.05, 4.69) is 10.3 Å². The summed E-state index contributed by atoms with van der Waals surface area (Å²) in [6.07, 6.45) is 1.66. The molecule has 0 saturated carbocycles. The lowest BCUT2D eigenvalue weighted by atomic mass is 10.1. The van der Waals surface area contributed by atoms with Crippen molar-refractivity contribution >= 4 is 11.0 Å². The highest BCUT2D eigenvalue weighted by Gasteiger charge is 2.04. The number of hydrogen-bond donors (Lipinski definition) is 1. The van der Waals surface area contributed by atoms with Gasteiger partial charge in [0, 0.05) is 17.5 Å². The molecular formula is C15H15N3O4. The van der Waals surface area contributed by atoms with Crippen LogP contribution in [0.2, 0.25) is 0 Å². The van der Waals surface area contributed by atoms with Gasteiger partial charge < -0.3 is 14.3 Å². The van der Waals surface area contributed by atoms with Crippen molar-refractivity contribution in [2.75, 3.05) is 6.61 Å². The van der Waals surface area contributed by atoms with Gasteiger partial charge >= 0.3 is 5.63 Å². The number of aromatic nitrogens is 3. The highest BCUT2D eigenvalue weighted by Crippen LogP contribution is 2.22. The smallest absolute Gasteiger partial charge is 0.336 e. The average molecular weight is 301 g/mol. The van der Waals surface area contributed by atoms with E-state index in [-0.39, 0.29) is 12.2 Å². The minimum absolute atomic E-state index is 0.135. The second-order valence-corrected chi connectivity index (χ2v) is 4.89. The van der Waals surface area contributed by atoms with Gasteiger partial charge in [-0.2, -0.15) is 0 Å². The summed E-state index contributed by atoms with van der Waals surface area (Å²) in [6, 6.07) is 6.86. The second kappa shape index (κ2) is 5.98. The molecule has 3 rings (SSSR count). The van der Waals surface area contributed by atoms with E-state index in [0.717, 1.165) is 10.9 Å². The molecule has 2 heterocycles. The first-order valence-corrected chi connectivity index (χ1v) is 6.83. The van der Waals surface area contributed by atoms with Crippen molar-refractivity contribution in [3.63, 3.8) is 0 Å². The van der Waals surface area contributed by atoms with Gasteiger partial charge in [0.05, 0.1) is 19.3 Å². The molecule has 1 aromatic carbocycles. The standard InChI is InChI=1S/C15H15N3O4/c1-10-6-15(20)22-14-7-12(2-3-13(10)14)21-5-4-18-8-11(9-19)16-17-18/h2-3,6-8,19H,4-5,9H2,1H3. The van der Waals surface area contributed by atoms with Crippen LogP contribution in [0, 0.1) is 6.92 Å². The SMILES string of the molecule is Cc1cc(=O)oc2cc(OCCn3cc(CO)nn3)ccc12. The number of aryl methyl sites for hydroxylation is 1. The van der Waals surface area contributed by atoms with E-state index in [9.17, 15) is 4.79 Å². The molecule has 3 aromatic rings. The Morgan fingerprint density at radius 2 is 2.23 bits per heavy atom. The summed E-state index contributed by atoms with van der Waals surface area (Å²) < 4.78 is 12.4. The second-order valence-electron chi connectivity index (χ2n) is 4.89. The molecule has 0 radical (unpaired) electrons. The number of rotatable bonds is 5. The van der Waals surface area contributed by atoms with E-state index >= 15 is 0 Å². The normalized spacial score (nSPS) is 11.0. The number of ether oxygens (including phenoxy) is 1. The van der Waals surface area contributed by atoms with Gasteiger partial charge in [0.25, 0.3) is 0 Å². The van der Waals surface area contributed by atoms with Gasteiger partial charge in [-0.15, -0.1) is 5.10 Å². The Hall–Kier alpha value is -2.67. The Kier molecular flexibility index (Phi) is 3.88. The van der Waals surface area contributed by atoms with Gasteiger partial charge in [0.1, 0.15) is 23.6 Å². The average Bonchev–Trinajstić information content (AvgIpc) is 2.94. The summed E-state index contributed by atoms with van der Waals surface area (Å²) in [5, 5.41) is 17.4. The molecule has 0 aliphatic carbocycles. The van der Waals surface area contributed by atoms with Gasteiger partial charge in [-0.1, -0.05) is 5.21 Å². The number of aliphatic hydroxyl groups excluding tert-OH is 1. The molecule has 0 fully saturated rings. The summed E-state index contributed by atoms with van der Waals surface area (Å²) in [5.74, 6) is 0.615. The van der Waals surface area contributed by atoms with Crippen LogP contribution in [-0.4, -0.2) is 26.7 Å². The maximum atomic E-state index is 11.4. The van der Waals surface area contributed by atoms with Crippen molar-refractivity contribution in [3.05, 3.63) is 52.1 Å². The molecule has 0 saturated heterocycles. The van der Waals surface area contributed by atoms with Crippen LogP contribution in [-0.2, 0) is 13.2 Å². The van der Waals surface area contributed by atoms with Gasteiger partial charge in [-0.25, -0.2) is 9.48 Å². The molecule has 7 nitrogen and oxygen atoms in total. The molecule has 2 aromatic heterocycles. The first-order chi connectivity index (χ1) is 10.7. The monoisotopic (exact) mass is 301 g/mol. The molecular weight excluding hydrogens is 286 g/mol. The summed E-state index contributed by atoms with van der Waals surface area (Å²) in [5.41, 5.74) is 1.52. The van der Waals surface area contributed by atoms with Crippen LogP contribution in [0.4, 0.5) is 0 Å². The lowest BCUT2D eigenvalue weighted by Crippen LogP contribution is -2.08. The van der Waals surface area contributed by atoms with Crippen molar-refractivity contribution < 1.29 is 14.3 Å². The quantitative estimate of drug-likeness (QED) is 0.714. The maximum absolute atomic E-state index is 11.4. The molecule has 0 atom stereocenters. The van der Waals surface area contributed by atoms with Gasteiger partial charge in [0.15, 0.2) is 0 Å². The van der Waals surface area contributed by atoms with E-state index in [1.165, 1.54) is 6.07 Å². The lowest BCUT2D eigenvalue weighted by Gasteiger charge is -2.07. The van der Waals surface area contributed by atoms with Crippen molar-refractivity contribution in [2.45, 2.75) is 20.1 Å². The molecule has 0 bridgehead atoms. The fourth-order valence-electron chi connectivity index (χ4n) is 2.17. The predicted octanol–water partition coefficient (Wildman–Crippen LogP) is 1.26. The third kappa shape index (κ3) is 2.99. The van der Waals surface area contributed by atoms with Crippen LogP contribution < -0.4 is 10.4 Å². The first-order valence-electron chi connectivity index (χ1n) is 6.83. The summed E-state index contributed by atoms with van der Waals surface area (Å²) in [7, 11) is 0. The predicted molar refractivity (Wildman–Crippen MR) is 78.7 cm³/mol. The Bertz CT molecular complexity index is 853. The van der Waals surface area contributed by atoms with Crippen LogP contribution >= 0.6 is 0 Å². The van der Waals surface area contributed by atoms with Gasteiger partial charge in [-0.05, 0) is 24.6 Å². The van der Waals surface area contributed by atoms with Crippen LogP contribution in [0.5, 0.6) is 5.75 Å². The van der Waals surface area contributed by atoms with Gasteiger partial charge in [0.2, 0.25) is 0 Å². The van der Waals surface area contributed by atoms with Crippen molar-refractivity contribution in [3.8, 4) is 5.75 Å². The third-order valence-electron chi connectivity index (χ3n) is 3.26. The topological polar surface area (TPSA) is 90.4 Å². The Morgan fingerprint density at radius 1 is 1.36 bits per heavy atom. The number of aliphatic hydroxyl groups is 1. The highest BCUT2D eigenvalue weighted by molar-refractivity contribution is 5.81. The Labute approximate surface area is 125 Å². The molecule has 7 heteroatoms. The summed E-state index contributed by atoms with van der Waals surface area (Å²) in [6.45, 7) is 2.62. The lowest BCUT2D eigenvalue weighted by molar-refractivity contribution is 0.276. The zero-order valence-corrected chi connectivity index (χ0v) is 12.0. The molecule has 0 spiro atoms. The zero-order valence-electron chi connectivity index (χ0n) is 12.0. The van der Waals surface area contributed by atoms with Gasteiger partial charge in [-0.3, -0.25) is 0 Å². The summed E-state index contributed by atoms with van der Waals surface area (Å²) in [4.78, 5) is 11.4. The van der Waals surface area contributed by atoms with Crippen molar-refractivity contribution in [2.24, 2.45) is 0 Å². The first kappa shape index (κ1) is 14.3. The molecule has 0 unspecified atom stereocenters. The van der Waals surface area contributed by atoms with Crippen LogP contribution in [0.3, 0.4) is 0 Å². The number of nitrogens with zero attached hydrogens (tertiary/aromatic N) is 3. The molecule has 22 heavy (non-hydrogen) atoms. The fraction of sp³-hybridized carbons (Fsp3) is 0.267. The number of fused-ring (bicyclic) bond motifs is 1. The minimum Gasteiger partial charge on any atom is -0.492 e. The Morgan fingerprint density at radius 3 is 3.00 bits per heavy atom. The van der Waals surface area contributed by atoms with E-state index < -0.39 is 0 Å². The van der Waals surface area contributed by atoms with E-state index in [0.29, 0.717) is 30.2 Å². The Balaban J connectivity index is 1.70. The highest BCUT2D eigenvalue weighted by atomic mass is 16.5. The largest absolute Gasteiger partial charge is 0.492 e. The number of hydrogen-bond acceptors (Lipinski definition) is 6. The molecule has 1 N–H and O–H groups in total. The molecule has 0 aliphatic heterocycles. The molecule has 0 amide bonds. The zero-order chi connectivity index (χ0) is 15.5. The minimum atomic E-state index is -0.374. The van der Waals surface area contributed by atoms with Crippen molar-refractivity contribution in [1.29, 1.82) is 0 Å². The maximum Gasteiger partial charge on any atom is 0.336 e.